The predicted octanol–water partition coefficient (Wildman–Crippen LogP) is 1.68. The van der Waals surface area contributed by atoms with Crippen LogP contribution in [0.25, 0.3) is 5.69 Å². The molecular formula is C11H12N4O3. The molecule has 0 unspecified atom stereocenters. The molecule has 2 rings (SSSR count). The number of methoxy groups -OCH3 is 1. The van der Waals surface area contributed by atoms with Gasteiger partial charge in [-0.3, -0.25) is 10.1 Å². The molecule has 1 aromatic heterocycles. The number of aryl methyl sites for hydroxylation is 1. The molecule has 0 aliphatic carbocycles. The number of aromatic nitrogens is 2. The molecule has 7 nitrogen and oxygen atoms in total. The highest BCUT2D eigenvalue weighted by Gasteiger charge is 2.16. The number of hydrogen-bond acceptors (Lipinski definition) is 5. The molecule has 0 aliphatic rings. The predicted molar refractivity (Wildman–Crippen MR) is 65.9 cm³/mol. The summed E-state index contributed by atoms with van der Waals surface area (Å²) in [6, 6.07) is 4.60. The molecular weight excluding hydrogens is 236 g/mol. The van der Waals surface area contributed by atoms with E-state index < -0.39 is 4.92 Å². The molecule has 1 heterocycles. The van der Waals surface area contributed by atoms with Crippen molar-refractivity contribution in [2.24, 2.45) is 0 Å². The summed E-state index contributed by atoms with van der Waals surface area (Å²) in [7, 11) is 1.39. The van der Waals surface area contributed by atoms with Gasteiger partial charge in [-0.05, 0) is 19.1 Å². The molecule has 0 fully saturated rings. The normalized spacial score (nSPS) is 10.3. The van der Waals surface area contributed by atoms with Crippen molar-refractivity contribution in [1.29, 1.82) is 0 Å². The van der Waals surface area contributed by atoms with E-state index in [-0.39, 0.29) is 11.4 Å². The average molecular weight is 248 g/mol. The van der Waals surface area contributed by atoms with Gasteiger partial charge >= 0.3 is 5.69 Å². The summed E-state index contributed by atoms with van der Waals surface area (Å²) in [5, 5.41) is 15.0. The van der Waals surface area contributed by atoms with Gasteiger partial charge in [-0.1, -0.05) is 0 Å². The van der Waals surface area contributed by atoms with Gasteiger partial charge in [0.15, 0.2) is 5.75 Å². The van der Waals surface area contributed by atoms with Crippen LogP contribution < -0.4 is 10.5 Å². The van der Waals surface area contributed by atoms with Gasteiger partial charge in [-0.15, -0.1) is 0 Å². The van der Waals surface area contributed by atoms with Crippen LogP contribution in [0.1, 0.15) is 5.56 Å². The van der Waals surface area contributed by atoms with E-state index in [1.165, 1.54) is 23.9 Å². The fourth-order valence-corrected chi connectivity index (χ4v) is 1.57. The zero-order valence-electron chi connectivity index (χ0n) is 9.95. The maximum Gasteiger partial charge on any atom is 0.313 e. The standard InChI is InChI=1S/C11H12N4O3/c1-7-6-14(13-11(7)12)8-3-4-10(18-2)9(5-8)15(16)17/h3-6H,1-2H3,(H2,12,13). The van der Waals surface area contributed by atoms with Gasteiger partial charge in [0.05, 0.1) is 17.7 Å². The minimum absolute atomic E-state index is 0.110. The average Bonchev–Trinajstić information content (AvgIpc) is 2.68. The van der Waals surface area contributed by atoms with Crippen molar-refractivity contribution in [2.45, 2.75) is 6.92 Å². The van der Waals surface area contributed by atoms with Gasteiger partial charge in [0.25, 0.3) is 0 Å². The Kier molecular flexibility index (Phi) is 2.88. The van der Waals surface area contributed by atoms with E-state index in [2.05, 4.69) is 5.10 Å². The Hall–Kier alpha value is -2.57. The highest BCUT2D eigenvalue weighted by Crippen LogP contribution is 2.29. The van der Waals surface area contributed by atoms with E-state index in [0.717, 1.165) is 5.56 Å². The van der Waals surface area contributed by atoms with Crippen LogP contribution in [0.15, 0.2) is 24.4 Å². The second kappa shape index (κ2) is 4.36. The molecule has 94 valence electrons. The molecule has 2 N–H and O–H groups in total. The number of nitrogens with zero attached hydrogens (tertiary/aromatic N) is 3. The lowest BCUT2D eigenvalue weighted by Crippen LogP contribution is -1.99. The maximum absolute atomic E-state index is 10.9. The Morgan fingerprint density at radius 3 is 2.72 bits per heavy atom. The monoisotopic (exact) mass is 248 g/mol. The van der Waals surface area contributed by atoms with Crippen molar-refractivity contribution in [3.8, 4) is 11.4 Å². The SMILES string of the molecule is COc1ccc(-n2cc(C)c(N)n2)cc1[N+](=O)[O-]. The number of benzene rings is 1. The van der Waals surface area contributed by atoms with Gasteiger partial charge in [0.1, 0.15) is 5.82 Å². The molecule has 0 spiro atoms. The molecule has 0 bridgehead atoms. The van der Waals surface area contributed by atoms with Crippen LogP contribution in [0.3, 0.4) is 0 Å². The number of nitro benzene ring substituents is 1. The lowest BCUT2D eigenvalue weighted by Gasteiger charge is -2.04. The molecule has 0 radical (unpaired) electrons. The van der Waals surface area contributed by atoms with E-state index in [1.807, 2.05) is 6.92 Å². The smallest absolute Gasteiger partial charge is 0.313 e. The van der Waals surface area contributed by atoms with Gasteiger partial charge in [0.2, 0.25) is 0 Å². The molecule has 2 aromatic rings. The van der Waals surface area contributed by atoms with Crippen LogP contribution in [-0.2, 0) is 0 Å². The minimum atomic E-state index is -0.498. The topological polar surface area (TPSA) is 96.2 Å². The van der Waals surface area contributed by atoms with Gasteiger partial charge in [-0.25, -0.2) is 4.68 Å². The van der Waals surface area contributed by atoms with Crippen molar-refractivity contribution in [1.82, 2.24) is 9.78 Å². The molecule has 0 amide bonds. The van der Waals surface area contributed by atoms with Crippen LogP contribution in [0.5, 0.6) is 5.75 Å². The number of ether oxygens (including phenoxy) is 1. The van der Waals surface area contributed by atoms with Crippen LogP contribution in [0.2, 0.25) is 0 Å². The Morgan fingerprint density at radius 2 is 2.22 bits per heavy atom. The number of anilines is 1. The van der Waals surface area contributed by atoms with Crippen molar-refractivity contribution >= 4 is 11.5 Å². The summed E-state index contributed by atoms with van der Waals surface area (Å²) in [5.41, 5.74) is 6.90. The first-order valence-electron chi connectivity index (χ1n) is 5.17. The summed E-state index contributed by atoms with van der Waals surface area (Å²) in [5.74, 6) is 0.606. The third kappa shape index (κ3) is 1.97. The number of rotatable bonds is 3. The quantitative estimate of drug-likeness (QED) is 0.658. The summed E-state index contributed by atoms with van der Waals surface area (Å²) < 4.78 is 6.43. The maximum atomic E-state index is 10.9. The molecule has 1 aromatic carbocycles. The third-order valence-electron chi connectivity index (χ3n) is 2.56. The van der Waals surface area contributed by atoms with Crippen LogP contribution in [0.4, 0.5) is 11.5 Å². The van der Waals surface area contributed by atoms with E-state index in [4.69, 9.17) is 10.5 Å². The second-order valence-electron chi connectivity index (χ2n) is 3.76. The van der Waals surface area contributed by atoms with Gasteiger partial charge in [-0.2, -0.15) is 5.10 Å². The number of nitrogen functional groups attached to an aromatic ring is 1. The molecule has 0 aliphatic heterocycles. The molecule has 0 saturated carbocycles. The minimum Gasteiger partial charge on any atom is -0.490 e. The number of nitrogens with two attached hydrogens (primary N) is 1. The van der Waals surface area contributed by atoms with E-state index in [0.29, 0.717) is 11.5 Å². The van der Waals surface area contributed by atoms with E-state index in [9.17, 15) is 10.1 Å². The highest BCUT2D eigenvalue weighted by atomic mass is 16.6. The largest absolute Gasteiger partial charge is 0.490 e. The lowest BCUT2D eigenvalue weighted by molar-refractivity contribution is -0.385. The van der Waals surface area contributed by atoms with Gasteiger partial charge in [0, 0.05) is 17.8 Å². The number of hydrogen-bond donors (Lipinski definition) is 1. The Labute approximate surface area is 103 Å². The molecule has 7 heteroatoms. The summed E-state index contributed by atoms with van der Waals surface area (Å²) in [6.45, 7) is 1.82. The Balaban J connectivity index is 2.53. The van der Waals surface area contributed by atoms with Crippen LogP contribution in [-0.4, -0.2) is 21.8 Å². The Bertz CT molecular complexity index is 587. The van der Waals surface area contributed by atoms with Gasteiger partial charge < -0.3 is 10.5 Å². The molecule has 18 heavy (non-hydrogen) atoms. The summed E-state index contributed by atoms with van der Waals surface area (Å²) in [6.07, 6.45) is 1.71. The zero-order chi connectivity index (χ0) is 13.3. The van der Waals surface area contributed by atoms with Crippen LogP contribution >= 0.6 is 0 Å². The fraction of sp³-hybridized carbons (Fsp3) is 0.182. The summed E-state index contributed by atoms with van der Waals surface area (Å²) >= 11 is 0. The van der Waals surface area contributed by atoms with Crippen LogP contribution in [0, 0.1) is 17.0 Å². The third-order valence-corrected chi connectivity index (χ3v) is 2.56. The molecule has 0 saturated heterocycles. The lowest BCUT2D eigenvalue weighted by atomic mass is 10.2. The van der Waals surface area contributed by atoms with E-state index in [1.54, 1.807) is 12.3 Å². The first-order valence-corrected chi connectivity index (χ1v) is 5.17. The number of nitro groups is 1. The summed E-state index contributed by atoms with van der Waals surface area (Å²) in [4.78, 5) is 10.4. The van der Waals surface area contributed by atoms with Crippen molar-refractivity contribution in [2.75, 3.05) is 12.8 Å². The van der Waals surface area contributed by atoms with Crippen molar-refractivity contribution in [3.63, 3.8) is 0 Å². The van der Waals surface area contributed by atoms with E-state index >= 15 is 0 Å². The highest BCUT2D eigenvalue weighted by molar-refractivity contribution is 5.54. The van der Waals surface area contributed by atoms with Crippen molar-refractivity contribution < 1.29 is 9.66 Å². The first kappa shape index (κ1) is 11.9. The zero-order valence-corrected chi connectivity index (χ0v) is 9.95. The Morgan fingerprint density at radius 1 is 1.50 bits per heavy atom. The van der Waals surface area contributed by atoms with Crippen molar-refractivity contribution in [3.05, 3.63) is 40.1 Å². The first-order chi connectivity index (χ1) is 8.52. The second-order valence-corrected chi connectivity index (χ2v) is 3.76. The molecule has 0 atom stereocenters. The fourth-order valence-electron chi connectivity index (χ4n) is 1.57.